The van der Waals surface area contributed by atoms with Crippen LogP contribution in [-0.2, 0) is 19.4 Å². The minimum absolute atomic E-state index is 0.0222. The molecule has 1 aromatic carbocycles. The van der Waals surface area contributed by atoms with E-state index < -0.39 is 9.84 Å². The van der Waals surface area contributed by atoms with E-state index in [0.717, 1.165) is 0 Å². The standard InChI is InChI=1S/C14H14O4S/c15-14-8-12-10(6-7-13(12)18-14)9-19(16,17)11-4-2-1-3-5-11/h1-7,10,12-13H,8-9H2/t10-,12+,13-/m0/s1. The summed E-state index contributed by atoms with van der Waals surface area (Å²) in [6.07, 6.45) is 3.75. The lowest BCUT2D eigenvalue weighted by molar-refractivity contribution is -0.140. The van der Waals surface area contributed by atoms with Gasteiger partial charge < -0.3 is 4.74 Å². The van der Waals surface area contributed by atoms with E-state index in [0.29, 0.717) is 11.3 Å². The van der Waals surface area contributed by atoms with Gasteiger partial charge >= 0.3 is 5.97 Å². The van der Waals surface area contributed by atoms with E-state index in [1.165, 1.54) is 0 Å². The minimum atomic E-state index is -3.32. The van der Waals surface area contributed by atoms with Crippen molar-refractivity contribution in [3.05, 3.63) is 42.5 Å². The Bertz CT molecular complexity index is 618. The van der Waals surface area contributed by atoms with Gasteiger partial charge in [0.05, 0.1) is 17.1 Å². The molecule has 0 radical (unpaired) electrons. The highest BCUT2D eigenvalue weighted by Crippen LogP contribution is 2.37. The van der Waals surface area contributed by atoms with Crippen molar-refractivity contribution in [2.24, 2.45) is 11.8 Å². The van der Waals surface area contributed by atoms with Crippen LogP contribution in [0.4, 0.5) is 0 Å². The second-order valence-electron chi connectivity index (χ2n) is 4.97. The van der Waals surface area contributed by atoms with Gasteiger partial charge in [-0.1, -0.05) is 24.3 Å². The number of esters is 1. The van der Waals surface area contributed by atoms with Gasteiger partial charge in [-0.25, -0.2) is 8.42 Å². The maximum Gasteiger partial charge on any atom is 0.306 e. The molecule has 0 unspecified atom stereocenters. The Kier molecular flexibility index (Phi) is 2.93. The highest BCUT2D eigenvalue weighted by molar-refractivity contribution is 7.91. The molecule has 0 spiro atoms. The Morgan fingerprint density at radius 2 is 1.89 bits per heavy atom. The summed E-state index contributed by atoms with van der Waals surface area (Å²) < 4.78 is 29.7. The molecule has 4 nitrogen and oxygen atoms in total. The average Bonchev–Trinajstić information content (AvgIpc) is 2.91. The van der Waals surface area contributed by atoms with E-state index in [9.17, 15) is 13.2 Å². The zero-order chi connectivity index (χ0) is 13.5. The third-order valence-corrected chi connectivity index (χ3v) is 5.52. The number of benzene rings is 1. The van der Waals surface area contributed by atoms with Gasteiger partial charge in [-0.3, -0.25) is 4.79 Å². The van der Waals surface area contributed by atoms with E-state index in [4.69, 9.17) is 4.74 Å². The molecular formula is C14H14O4S. The molecule has 1 aliphatic heterocycles. The molecule has 5 heteroatoms. The lowest BCUT2D eigenvalue weighted by Gasteiger charge is -2.16. The van der Waals surface area contributed by atoms with Gasteiger partial charge in [0.1, 0.15) is 6.10 Å². The van der Waals surface area contributed by atoms with E-state index >= 15 is 0 Å². The van der Waals surface area contributed by atoms with Crippen molar-refractivity contribution < 1.29 is 17.9 Å². The molecular weight excluding hydrogens is 264 g/mol. The van der Waals surface area contributed by atoms with E-state index in [1.807, 2.05) is 6.08 Å². The van der Waals surface area contributed by atoms with Crippen LogP contribution in [0.2, 0.25) is 0 Å². The zero-order valence-electron chi connectivity index (χ0n) is 10.2. The predicted molar refractivity (Wildman–Crippen MR) is 69.1 cm³/mol. The molecule has 1 fully saturated rings. The van der Waals surface area contributed by atoms with Crippen LogP contribution >= 0.6 is 0 Å². The molecule has 0 amide bonds. The number of sulfone groups is 1. The second kappa shape index (κ2) is 4.49. The summed E-state index contributed by atoms with van der Waals surface area (Å²) in [5.41, 5.74) is 0. The third kappa shape index (κ3) is 2.30. The first kappa shape index (κ1) is 12.4. The highest BCUT2D eigenvalue weighted by Gasteiger charge is 2.42. The minimum Gasteiger partial charge on any atom is -0.458 e. The largest absolute Gasteiger partial charge is 0.458 e. The first-order valence-corrected chi connectivity index (χ1v) is 7.87. The Labute approximate surface area is 112 Å². The maximum absolute atomic E-state index is 12.3. The van der Waals surface area contributed by atoms with Crippen molar-refractivity contribution in [1.82, 2.24) is 0 Å². The summed E-state index contributed by atoms with van der Waals surface area (Å²) in [5, 5.41) is 0. The topological polar surface area (TPSA) is 60.4 Å². The Hall–Kier alpha value is -1.62. The number of carbonyl (C=O) groups excluding carboxylic acids is 1. The van der Waals surface area contributed by atoms with Gasteiger partial charge in [0.15, 0.2) is 9.84 Å². The maximum atomic E-state index is 12.3. The Morgan fingerprint density at radius 3 is 2.63 bits per heavy atom. The molecule has 0 aromatic heterocycles. The van der Waals surface area contributed by atoms with Gasteiger partial charge in [0.2, 0.25) is 0 Å². The first-order valence-electron chi connectivity index (χ1n) is 6.22. The van der Waals surface area contributed by atoms with E-state index in [-0.39, 0.29) is 29.7 Å². The van der Waals surface area contributed by atoms with Crippen molar-refractivity contribution in [2.75, 3.05) is 5.75 Å². The highest BCUT2D eigenvalue weighted by atomic mass is 32.2. The summed E-state index contributed by atoms with van der Waals surface area (Å²) >= 11 is 0. The van der Waals surface area contributed by atoms with Gasteiger partial charge in [0.25, 0.3) is 0 Å². The van der Waals surface area contributed by atoms with Crippen LogP contribution in [0.1, 0.15) is 6.42 Å². The fourth-order valence-electron chi connectivity index (χ4n) is 2.72. The molecule has 1 saturated heterocycles. The van der Waals surface area contributed by atoms with Crippen LogP contribution in [0.25, 0.3) is 0 Å². The van der Waals surface area contributed by atoms with Gasteiger partial charge in [-0.2, -0.15) is 0 Å². The number of hydrogen-bond acceptors (Lipinski definition) is 4. The zero-order valence-corrected chi connectivity index (χ0v) is 11.0. The van der Waals surface area contributed by atoms with Gasteiger partial charge in [-0.15, -0.1) is 0 Å². The van der Waals surface area contributed by atoms with Crippen LogP contribution in [0.15, 0.2) is 47.4 Å². The van der Waals surface area contributed by atoms with E-state index in [1.54, 1.807) is 36.4 Å². The molecule has 0 N–H and O–H groups in total. The number of fused-ring (bicyclic) bond motifs is 1. The summed E-state index contributed by atoms with van der Waals surface area (Å²) in [6, 6.07) is 8.41. The van der Waals surface area contributed by atoms with Crippen molar-refractivity contribution in [1.29, 1.82) is 0 Å². The van der Waals surface area contributed by atoms with Crippen LogP contribution in [0.3, 0.4) is 0 Å². The van der Waals surface area contributed by atoms with E-state index in [2.05, 4.69) is 0 Å². The normalized spacial score (nSPS) is 29.3. The van der Waals surface area contributed by atoms with Crippen molar-refractivity contribution in [2.45, 2.75) is 17.4 Å². The molecule has 1 aromatic rings. The molecule has 3 rings (SSSR count). The molecule has 0 saturated carbocycles. The predicted octanol–water partition coefficient (Wildman–Crippen LogP) is 1.58. The van der Waals surface area contributed by atoms with Crippen LogP contribution in [0.5, 0.6) is 0 Å². The van der Waals surface area contributed by atoms with Gasteiger partial charge in [0, 0.05) is 5.92 Å². The summed E-state index contributed by atoms with van der Waals surface area (Å²) in [4.78, 5) is 11.6. The number of rotatable bonds is 3. The quantitative estimate of drug-likeness (QED) is 0.622. The monoisotopic (exact) mass is 278 g/mol. The lowest BCUT2D eigenvalue weighted by Crippen LogP contribution is -2.22. The summed E-state index contributed by atoms with van der Waals surface area (Å²) in [7, 11) is -3.32. The summed E-state index contributed by atoms with van der Waals surface area (Å²) in [5.74, 6) is -0.361. The van der Waals surface area contributed by atoms with Crippen LogP contribution < -0.4 is 0 Å². The smallest absolute Gasteiger partial charge is 0.306 e. The van der Waals surface area contributed by atoms with Gasteiger partial charge in [-0.05, 0) is 24.1 Å². The van der Waals surface area contributed by atoms with Crippen LogP contribution in [0, 0.1) is 11.8 Å². The fourth-order valence-corrected chi connectivity index (χ4v) is 4.35. The van der Waals surface area contributed by atoms with Crippen molar-refractivity contribution in [3.8, 4) is 0 Å². The third-order valence-electron chi connectivity index (χ3n) is 3.70. The molecule has 1 heterocycles. The fraction of sp³-hybridized carbons (Fsp3) is 0.357. The number of hydrogen-bond donors (Lipinski definition) is 0. The number of ether oxygens (including phenoxy) is 1. The molecule has 3 atom stereocenters. The van der Waals surface area contributed by atoms with Crippen molar-refractivity contribution >= 4 is 15.8 Å². The molecule has 2 aliphatic rings. The number of carbonyl (C=O) groups is 1. The Balaban J connectivity index is 1.79. The average molecular weight is 278 g/mol. The molecule has 1 aliphatic carbocycles. The first-order chi connectivity index (χ1) is 9.06. The Morgan fingerprint density at radius 1 is 1.16 bits per heavy atom. The molecule has 19 heavy (non-hydrogen) atoms. The van der Waals surface area contributed by atoms with Crippen LogP contribution in [-0.4, -0.2) is 26.2 Å². The molecule has 100 valence electrons. The second-order valence-corrected chi connectivity index (χ2v) is 7.00. The number of allylic oxidation sites excluding steroid dienone is 1. The summed E-state index contributed by atoms with van der Waals surface area (Å²) in [6.45, 7) is 0. The molecule has 0 bridgehead atoms. The SMILES string of the molecule is O=C1C[C@H]2[C@H](C=C[C@H]2CS(=O)(=O)c2ccccc2)O1. The van der Waals surface area contributed by atoms with Crippen molar-refractivity contribution in [3.63, 3.8) is 0 Å². The lowest BCUT2D eigenvalue weighted by atomic mass is 9.94.